The van der Waals surface area contributed by atoms with Crippen molar-refractivity contribution < 1.29 is 9.47 Å². The number of rotatable bonds is 7. The van der Waals surface area contributed by atoms with Gasteiger partial charge in [-0.2, -0.15) is 0 Å². The van der Waals surface area contributed by atoms with Crippen LogP contribution in [0.1, 0.15) is 38.7 Å². The van der Waals surface area contributed by atoms with Crippen LogP contribution in [0.3, 0.4) is 0 Å². The zero-order valence-electron chi connectivity index (χ0n) is 18.0. The van der Waals surface area contributed by atoms with Crippen molar-refractivity contribution in [2.45, 2.75) is 39.2 Å². The molecular weight excluding hydrogens is 479 g/mol. The molecule has 0 radical (unpaired) electrons. The second kappa shape index (κ2) is 12.6. The fraction of sp³-hybridized carbons (Fsp3) is 0.682. The quantitative estimate of drug-likeness (QED) is 0.332. The fourth-order valence-corrected chi connectivity index (χ4v) is 4.03. The van der Waals surface area contributed by atoms with Gasteiger partial charge in [0.2, 0.25) is 0 Å². The highest BCUT2D eigenvalue weighted by atomic mass is 127. The molecule has 2 aliphatic heterocycles. The summed E-state index contributed by atoms with van der Waals surface area (Å²) in [4.78, 5) is 7.46. The number of guanidine groups is 1. The minimum absolute atomic E-state index is 0. The summed E-state index contributed by atoms with van der Waals surface area (Å²) in [5, 5.41) is 6.98. The molecule has 6 nitrogen and oxygen atoms in total. The molecule has 1 fully saturated rings. The SMILES string of the molecule is CCNC(=NCC(C(C)C)N1CCOCC1)NCC1CCOc2ccccc21.I. The van der Waals surface area contributed by atoms with E-state index in [2.05, 4.69) is 54.5 Å². The molecule has 29 heavy (non-hydrogen) atoms. The van der Waals surface area contributed by atoms with E-state index in [0.29, 0.717) is 17.9 Å². The normalized spacial score (nSPS) is 21.0. The Kier molecular flexibility index (Phi) is 10.5. The van der Waals surface area contributed by atoms with E-state index in [1.807, 2.05) is 6.07 Å². The monoisotopic (exact) mass is 516 g/mol. The van der Waals surface area contributed by atoms with Gasteiger partial charge in [0, 0.05) is 38.1 Å². The zero-order chi connectivity index (χ0) is 19.8. The molecule has 3 rings (SSSR count). The third-order valence-corrected chi connectivity index (χ3v) is 5.66. The van der Waals surface area contributed by atoms with Crippen molar-refractivity contribution in [1.82, 2.24) is 15.5 Å². The summed E-state index contributed by atoms with van der Waals surface area (Å²) in [6.07, 6.45) is 1.03. The zero-order valence-corrected chi connectivity index (χ0v) is 20.4. The molecule has 0 spiro atoms. The van der Waals surface area contributed by atoms with Gasteiger partial charge < -0.3 is 20.1 Å². The van der Waals surface area contributed by atoms with Crippen LogP contribution in [0.5, 0.6) is 5.75 Å². The number of hydrogen-bond acceptors (Lipinski definition) is 4. The second-order valence-electron chi connectivity index (χ2n) is 7.93. The molecule has 0 saturated carbocycles. The Morgan fingerprint density at radius 2 is 1.93 bits per heavy atom. The van der Waals surface area contributed by atoms with Crippen molar-refractivity contribution >= 4 is 29.9 Å². The number of hydrogen-bond donors (Lipinski definition) is 2. The number of morpholine rings is 1. The van der Waals surface area contributed by atoms with Crippen molar-refractivity contribution in [2.75, 3.05) is 52.5 Å². The lowest BCUT2D eigenvalue weighted by Gasteiger charge is -2.36. The van der Waals surface area contributed by atoms with Gasteiger partial charge in [-0.3, -0.25) is 9.89 Å². The second-order valence-corrected chi connectivity index (χ2v) is 7.93. The lowest BCUT2D eigenvalue weighted by atomic mass is 9.93. The van der Waals surface area contributed by atoms with Gasteiger partial charge >= 0.3 is 0 Å². The maximum Gasteiger partial charge on any atom is 0.191 e. The molecule has 2 atom stereocenters. The average molecular weight is 516 g/mol. The molecule has 1 aromatic carbocycles. The van der Waals surface area contributed by atoms with Crippen molar-refractivity contribution in [1.29, 1.82) is 0 Å². The van der Waals surface area contributed by atoms with Crippen molar-refractivity contribution in [2.24, 2.45) is 10.9 Å². The van der Waals surface area contributed by atoms with Crippen molar-refractivity contribution in [3.8, 4) is 5.75 Å². The van der Waals surface area contributed by atoms with Gasteiger partial charge in [-0.25, -0.2) is 0 Å². The van der Waals surface area contributed by atoms with Crippen LogP contribution >= 0.6 is 24.0 Å². The number of aliphatic imine (C=N–C) groups is 1. The largest absolute Gasteiger partial charge is 0.493 e. The smallest absolute Gasteiger partial charge is 0.191 e. The number of para-hydroxylation sites is 1. The van der Waals surface area contributed by atoms with Gasteiger partial charge in [-0.1, -0.05) is 32.0 Å². The molecular formula is C22H37IN4O2. The topological polar surface area (TPSA) is 58.1 Å². The van der Waals surface area contributed by atoms with E-state index in [-0.39, 0.29) is 24.0 Å². The van der Waals surface area contributed by atoms with Gasteiger partial charge in [-0.05, 0) is 30.9 Å². The molecule has 1 saturated heterocycles. The summed E-state index contributed by atoms with van der Waals surface area (Å²) < 4.78 is 11.3. The third-order valence-electron chi connectivity index (χ3n) is 5.66. The van der Waals surface area contributed by atoms with Crippen LogP contribution < -0.4 is 15.4 Å². The molecule has 2 N–H and O–H groups in total. The highest BCUT2D eigenvalue weighted by Crippen LogP contribution is 2.32. The van der Waals surface area contributed by atoms with Crippen LogP contribution in [0.25, 0.3) is 0 Å². The van der Waals surface area contributed by atoms with Crippen LogP contribution in [0.4, 0.5) is 0 Å². The Morgan fingerprint density at radius 3 is 2.66 bits per heavy atom. The summed E-state index contributed by atoms with van der Waals surface area (Å²) in [5.41, 5.74) is 1.30. The lowest BCUT2D eigenvalue weighted by molar-refractivity contribution is 0.00867. The van der Waals surface area contributed by atoms with E-state index in [1.54, 1.807) is 0 Å². The highest BCUT2D eigenvalue weighted by molar-refractivity contribution is 14.0. The van der Waals surface area contributed by atoms with E-state index in [1.165, 1.54) is 5.56 Å². The third kappa shape index (κ3) is 7.00. The van der Waals surface area contributed by atoms with Crippen LogP contribution in [0.15, 0.2) is 29.3 Å². The van der Waals surface area contributed by atoms with Crippen LogP contribution in [-0.4, -0.2) is 69.4 Å². The summed E-state index contributed by atoms with van der Waals surface area (Å²) in [6, 6.07) is 8.82. The van der Waals surface area contributed by atoms with Gasteiger partial charge in [0.05, 0.1) is 26.4 Å². The first-order valence-corrected chi connectivity index (χ1v) is 10.7. The first kappa shape index (κ1) is 24.2. The van der Waals surface area contributed by atoms with E-state index in [9.17, 15) is 0 Å². The maximum atomic E-state index is 5.79. The fourth-order valence-electron chi connectivity index (χ4n) is 4.03. The Bertz CT molecular complexity index is 635. The molecule has 1 aromatic rings. The molecule has 2 aliphatic rings. The first-order valence-electron chi connectivity index (χ1n) is 10.7. The Balaban J connectivity index is 0.00000300. The molecule has 0 amide bonds. The number of fused-ring (bicyclic) bond motifs is 1. The van der Waals surface area contributed by atoms with Crippen LogP contribution in [0.2, 0.25) is 0 Å². The Labute approximate surface area is 192 Å². The number of nitrogens with one attached hydrogen (secondary N) is 2. The summed E-state index contributed by atoms with van der Waals surface area (Å²) in [6.45, 7) is 13.7. The summed E-state index contributed by atoms with van der Waals surface area (Å²) >= 11 is 0. The predicted octanol–water partition coefficient (Wildman–Crippen LogP) is 3.08. The predicted molar refractivity (Wildman–Crippen MR) is 130 cm³/mol. The van der Waals surface area contributed by atoms with E-state index in [4.69, 9.17) is 14.5 Å². The van der Waals surface area contributed by atoms with Gasteiger partial charge in [0.15, 0.2) is 5.96 Å². The highest BCUT2D eigenvalue weighted by Gasteiger charge is 2.24. The average Bonchev–Trinajstić information content (AvgIpc) is 2.72. The minimum atomic E-state index is 0. The van der Waals surface area contributed by atoms with Gasteiger partial charge in [0.25, 0.3) is 0 Å². The minimum Gasteiger partial charge on any atom is -0.493 e. The number of halogens is 1. The molecule has 2 heterocycles. The molecule has 164 valence electrons. The number of benzene rings is 1. The standard InChI is InChI=1S/C22H36N4O2.HI/c1-4-23-22(25-16-20(17(2)3)26-10-13-27-14-11-26)24-15-18-9-12-28-21-8-6-5-7-19(18)21;/h5-8,17-18,20H,4,9-16H2,1-3H3,(H2,23,24,25);1H. The number of ether oxygens (including phenoxy) is 2. The summed E-state index contributed by atoms with van der Waals surface area (Å²) in [7, 11) is 0. The summed E-state index contributed by atoms with van der Waals surface area (Å²) in [5.74, 6) is 2.95. The van der Waals surface area contributed by atoms with E-state index in [0.717, 1.165) is 70.7 Å². The maximum absolute atomic E-state index is 5.79. The Hall–Kier alpha value is -1.06. The molecule has 0 aliphatic carbocycles. The molecule has 0 aromatic heterocycles. The molecule has 2 unspecified atom stereocenters. The van der Waals surface area contributed by atoms with Gasteiger partial charge in [0.1, 0.15) is 5.75 Å². The lowest BCUT2D eigenvalue weighted by Crippen LogP contribution is -2.48. The van der Waals surface area contributed by atoms with E-state index >= 15 is 0 Å². The molecule has 7 heteroatoms. The molecule has 0 bridgehead atoms. The van der Waals surface area contributed by atoms with Crippen LogP contribution in [0, 0.1) is 5.92 Å². The van der Waals surface area contributed by atoms with Crippen molar-refractivity contribution in [3.63, 3.8) is 0 Å². The van der Waals surface area contributed by atoms with E-state index < -0.39 is 0 Å². The Morgan fingerprint density at radius 1 is 1.17 bits per heavy atom. The number of nitrogens with zero attached hydrogens (tertiary/aromatic N) is 2. The van der Waals surface area contributed by atoms with Gasteiger partial charge in [-0.15, -0.1) is 24.0 Å². The van der Waals surface area contributed by atoms with Crippen molar-refractivity contribution in [3.05, 3.63) is 29.8 Å². The van der Waals surface area contributed by atoms with Crippen LogP contribution in [-0.2, 0) is 4.74 Å². The first-order chi connectivity index (χ1) is 13.7.